The topological polar surface area (TPSA) is 37.8 Å². The summed E-state index contributed by atoms with van der Waals surface area (Å²) < 4.78 is 2.09. The van der Waals surface area contributed by atoms with E-state index in [1.54, 1.807) is 11.0 Å². The van der Waals surface area contributed by atoms with Gasteiger partial charge in [-0.25, -0.2) is 0 Å². The molecule has 0 amide bonds. The molecule has 1 N–H and O–H groups in total. The van der Waals surface area contributed by atoms with Crippen LogP contribution in [0.1, 0.15) is 0 Å². The van der Waals surface area contributed by atoms with Gasteiger partial charge in [0.25, 0.3) is 0 Å². The minimum Gasteiger partial charge on any atom is -0.288 e. The van der Waals surface area contributed by atoms with Crippen molar-refractivity contribution in [2.75, 3.05) is 0 Å². The van der Waals surface area contributed by atoms with Crippen molar-refractivity contribution in [3.63, 3.8) is 0 Å². The van der Waals surface area contributed by atoms with Gasteiger partial charge < -0.3 is 0 Å². The van der Waals surface area contributed by atoms with Gasteiger partial charge in [0.2, 0.25) is 0 Å². The summed E-state index contributed by atoms with van der Waals surface area (Å²) in [6, 6.07) is 0. The van der Waals surface area contributed by atoms with Crippen molar-refractivity contribution < 1.29 is 0 Å². The molecule has 0 fully saturated rings. The fourth-order valence-electron chi connectivity index (χ4n) is 0.355. The third kappa shape index (κ3) is 0.873. The maximum absolute atomic E-state index is 10.4. The fourth-order valence-corrected chi connectivity index (χ4v) is 1.14. The highest BCUT2D eigenvalue weighted by molar-refractivity contribution is 7.71. The van der Waals surface area contributed by atoms with Crippen LogP contribution in [-0.2, 0) is 7.05 Å². The Morgan fingerprint density at radius 1 is 1.88 bits per heavy atom. The van der Waals surface area contributed by atoms with Crippen LogP contribution < -0.4 is 4.87 Å². The van der Waals surface area contributed by atoms with Crippen molar-refractivity contribution in [3.05, 3.63) is 14.4 Å². The van der Waals surface area contributed by atoms with Crippen LogP contribution in [0.3, 0.4) is 0 Å². The maximum atomic E-state index is 10.4. The molecule has 0 atom stereocenters. The smallest absolute Gasteiger partial charge is 0.288 e. The SMILES string of the molecule is Cn1sc(=O)[nH]c1=S. The number of hydrogen-bond acceptors (Lipinski definition) is 3. The molecule has 5 heteroatoms. The lowest BCUT2D eigenvalue weighted by Gasteiger charge is -1.76. The van der Waals surface area contributed by atoms with E-state index in [-0.39, 0.29) is 4.87 Å². The molecule has 1 aromatic heterocycles. The van der Waals surface area contributed by atoms with E-state index in [1.807, 2.05) is 0 Å². The number of hydrogen-bond donors (Lipinski definition) is 1. The third-order valence-corrected chi connectivity index (χ3v) is 1.93. The molecule has 1 rings (SSSR count). The van der Waals surface area contributed by atoms with Gasteiger partial charge in [-0.05, 0) is 12.2 Å². The number of rotatable bonds is 0. The zero-order valence-electron chi connectivity index (χ0n) is 4.17. The molecule has 0 radical (unpaired) electrons. The molecular weight excluding hydrogens is 144 g/mol. The van der Waals surface area contributed by atoms with Crippen LogP contribution in [0.25, 0.3) is 0 Å². The predicted molar refractivity (Wildman–Crippen MR) is 34.7 cm³/mol. The van der Waals surface area contributed by atoms with Gasteiger partial charge in [-0.2, -0.15) is 0 Å². The van der Waals surface area contributed by atoms with Gasteiger partial charge in [-0.3, -0.25) is 13.7 Å². The first kappa shape index (κ1) is 5.71. The highest BCUT2D eigenvalue weighted by Crippen LogP contribution is 1.84. The summed E-state index contributed by atoms with van der Waals surface area (Å²) in [5.74, 6) is 0. The molecule has 1 heterocycles. The maximum Gasteiger partial charge on any atom is 0.322 e. The minimum atomic E-state index is -0.0995. The Hall–Kier alpha value is -0.420. The lowest BCUT2D eigenvalue weighted by molar-refractivity contribution is 0.970. The van der Waals surface area contributed by atoms with Gasteiger partial charge >= 0.3 is 4.87 Å². The zero-order valence-corrected chi connectivity index (χ0v) is 5.80. The van der Waals surface area contributed by atoms with Crippen LogP contribution >= 0.6 is 23.8 Å². The summed E-state index contributed by atoms with van der Waals surface area (Å²) in [7, 11) is 1.74. The molecule has 0 saturated heterocycles. The molecule has 44 valence electrons. The first-order chi connectivity index (χ1) is 3.70. The predicted octanol–water partition coefficient (Wildman–Crippen LogP) is 0.504. The number of H-pyrrole nitrogens is 1. The lowest BCUT2D eigenvalue weighted by atomic mass is 11.2. The van der Waals surface area contributed by atoms with Crippen molar-refractivity contribution in [2.45, 2.75) is 0 Å². The highest BCUT2D eigenvalue weighted by atomic mass is 32.1. The van der Waals surface area contributed by atoms with E-state index < -0.39 is 0 Å². The van der Waals surface area contributed by atoms with E-state index in [1.165, 1.54) is 0 Å². The van der Waals surface area contributed by atoms with E-state index in [9.17, 15) is 4.79 Å². The summed E-state index contributed by atoms with van der Waals surface area (Å²) in [5.41, 5.74) is 0. The van der Waals surface area contributed by atoms with Gasteiger partial charge in [0.05, 0.1) is 0 Å². The second-order valence-corrected chi connectivity index (χ2v) is 2.79. The average Bonchev–Trinajstić information content (AvgIpc) is 1.85. The van der Waals surface area contributed by atoms with Crippen LogP contribution in [0.2, 0.25) is 0 Å². The second-order valence-electron chi connectivity index (χ2n) is 1.31. The number of nitrogens with zero attached hydrogens (tertiary/aromatic N) is 1. The standard InChI is InChI=1S/C3H4N2OS2/c1-5-2(7)4-3(6)8-5/h1H3,(H,4,6,7). The Morgan fingerprint density at radius 3 is 2.62 bits per heavy atom. The van der Waals surface area contributed by atoms with Gasteiger partial charge in [-0.1, -0.05) is 0 Å². The van der Waals surface area contributed by atoms with Crippen LogP contribution in [-0.4, -0.2) is 8.94 Å². The lowest BCUT2D eigenvalue weighted by Crippen LogP contribution is -1.89. The largest absolute Gasteiger partial charge is 0.322 e. The molecule has 0 aliphatic heterocycles. The third-order valence-electron chi connectivity index (χ3n) is 0.715. The number of nitrogens with one attached hydrogen (secondary N) is 1. The molecule has 0 unspecified atom stereocenters. The van der Waals surface area contributed by atoms with Crippen molar-refractivity contribution >= 4 is 23.8 Å². The molecular formula is C3H4N2OS2. The quantitative estimate of drug-likeness (QED) is 0.544. The van der Waals surface area contributed by atoms with E-state index in [0.717, 1.165) is 11.5 Å². The van der Waals surface area contributed by atoms with Crippen molar-refractivity contribution in [1.29, 1.82) is 0 Å². The Kier molecular flexibility index (Phi) is 1.31. The average molecular weight is 148 g/mol. The van der Waals surface area contributed by atoms with Gasteiger partial charge in [0.15, 0.2) is 4.77 Å². The molecule has 8 heavy (non-hydrogen) atoms. The molecule has 3 nitrogen and oxygen atoms in total. The van der Waals surface area contributed by atoms with Crippen LogP contribution in [0.15, 0.2) is 4.79 Å². The van der Waals surface area contributed by atoms with E-state index >= 15 is 0 Å². The first-order valence-electron chi connectivity index (χ1n) is 1.97. The van der Waals surface area contributed by atoms with Crippen LogP contribution in [0, 0.1) is 4.77 Å². The van der Waals surface area contributed by atoms with Crippen LogP contribution in [0.4, 0.5) is 0 Å². The number of aryl methyl sites for hydroxylation is 1. The Morgan fingerprint density at radius 2 is 2.50 bits per heavy atom. The molecule has 0 aliphatic rings. The Labute approximate surface area is 54.7 Å². The van der Waals surface area contributed by atoms with Crippen molar-refractivity contribution in [3.8, 4) is 0 Å². The second kappa shape index (κ2) is 1.83. The van der Waals surface area contributed by atoms with E-state index in [4.69, 9.17) is 12.2 Å². The monoisotopic (exact) mass is 148 g/mol. The van der Waals surface area contributed by atoms with E-state index in [2.05, 4.69) is 4.98 Å². The molecule has 0 saturated carbocycles. The molecule has 1 aromatic rings. The van der Waals surface area contributed by atoms with Gasteiger partial charge in [0, 0.05) is 18.6 Å². The van der Waals surface area contributed by atoms with Crippen molar-refractivity contribution in [1.82, 2.24) is 8.94 Å². The molecule has 0 aromatic carbocycles. The summed E-state index contributed by atoms with van der Waals surface area (Å²) in [6.45, 7) is 0. The number of aromatic amines is 1. The Balaban J connectivity index is 3.59. The van der Waals surface area contributed by atoms with E-state index in [0.29, 0.717) is 4.77 Å². The molecule has 0 aliphatic carbocycles. The highest BCUT2D eigenvalue weighted by Gasteiger charge is 1.87. The number of aromatic nitrogens is 2. The molecule has 0 spiro atoms. The summed E-state index contributed by atoms with van der Waals surface area (Å²) in [4.78, 5) is 12.7. The van der Waals surface area contributed by atoms with Crippen molar-refractivity contribution in [2.24, 2.45) is 7.05 Å². The fraction of sp³-hybridized carbons (Fsp3) is 0.333. The normalized spacial score (nSPS) is 9.62. The summed E-state index contributed by atoms with van der Waals surface area (Å²) in [6.07, 6.45) is 0. The minimum absolute atomic E-state index is 0.0995. The summed E-state index contributed by atoms with van der Waals surface area (Å²) in [5, 5.41) is 0. The summed E-state index contributed by atoms with van der Waals surface area (Å²) >= 11 is 5.76. The van der Waals surface area contributed by atoms with Crippen LogP contribution in [0.5, 0.6) is 0 Å². The molecule has 0 bridgehead atoms. The van der Waals surface area contributed by atoms with Gasteiger partial charge in [0.1, 0.15) is 0 Å². The first-order valence-corrected chi connectivity index (χ1v) is 3.15. The Bertz CT molecular complexity index is 280. The zero-order chi connectivity index (χ0) is 6.15. The van der Waals surface area contributed by atoms with Gasteiger partial charge in [-0.15, -0.1) is 0 Å².